The lowest BCUT2D eigenvalue weighted by Gasteiger charge is -2.24. The molecule has 1 aromatic rings. The predicted octanol–water partition coefficient (Wildman–Crippen LogP) is 0.931. The second kappa shape index (κ2) is 4.98. The van der Waals surface area contributed by atoms with E-state index in [0.29, 0.717) is 25.2 Å². The van der Waals surface area contributed by atoms with Crippen molar-refractivity contribution in [3.05, 3.63) is 11.5 Å². The van der Waals surface area contributed by atoms with E-state index in [1.807, 2.05) is 0 Å². The molecule has 20 heavy (non-hydrogen) atoms. The Balaban J connectivity index is 1.90. The highest BCUT2D eigenvalue weighted by molar-refractivity contribution is 7.89. The lowest BCUT2D eigenvalue weighted by molar-refractivity contribution is 0.246. The van der Waals surface area contributed by atoms with E-state index in [0.717, 1.165) is 12.8 Å². The van der Waals surface area contributed by atoms with E-state index in [4.69, 9.17) is 11.6 Å². The monoisotopic (exact) mass is 318 g/mol. The van der Waals surface area contributed by atoms with Crippen molar-refractivity contribution >= 4 is 21.6 Å². The van der Waals surface area contributed by atoms with Crippen LogP contribution in [0, 0.1) is 0 Å². The van der Waals surface area contributed by atoms with Gasteiger partial charge in [-0.05, 0) is 26.3 Å². The van der Waals surface area contributed by atoms with Gasteiger partial charge in [-0.3, -0.25) is 4.90 Å². The number of hydrogen-bond acceptors (Lipinski definition) is 4. The lowest BCUT2D eigenvalue weighted by atomic mass is 10.1. The molecule has 112 valence electrons. The lowest BCUT2D eigenvalue weighted by Crippen LogP contribution is -2.39. The normalized spacial score (nSPS) is 28.8. The summed E-state index contributed by atoms with van der Waals surface area (Å²) in [4.78, 5) is 6.28. The van der Waals surface area contributed by atoms with Crippen LogP contribution in [0.1, 0.15) is 19.3 Å². The van der Waals surface area contributed by atoms with Crippen LogP contribution in [0.15, 0.2) is 11.4 Å². The number of halogens is 1. The fourth-order valence-electron chi connectivity index (χ4n) is 3.19. The number of aromatic nitrogens is 2. The molecule has 8 heteroatoms. The number of hydrogen-bond donors (Lipinski definition) is 0. The highest BCUT2D eigenvalue weighted by atomic mass is 35.5. The fraction of sp³-hybridized carbons (Fsp3) is 0.750. The van der Waals surface area contributed by atoms with Crippen molar-refractivity contribution in [3.63, 3.8) is 0 Å². The molecule has 6 nitrogen and oxygen atoms in total. The Labute approximate surface area is 124 Å². The topological polar surface area (TPSA) is 58.4 Å². The van der Waals surface area contributed by atoms with Crippen molar-refractivity contribution in [3.8, 4) is 0 Å². The van der Waals surface area contributed by atoms with Gasteiger partial charge >= 0.3 is 0 Å². The average molecular weight is 319 g/mol. The first kappa shape index (κ1) is 14.3. The summed E-state index contributed by atoms with van der Waals surface area (Å²) in [5.41, 5.74) is 0. The maximum atomic E-state index is 12.7. The summed E-state index contributed by atoms with van der Waals surface area (Å²) < 4.78 is 28.5. The number of imidazole rings is 1. The molecule has 2 aliphatic rings. The zero-order chi connectivity index (χ0) is 14.5. The molecule has 3 heterocycles. The van der Waals surface area contributed by atoms with Crippen LogP contribution in [0.2, 0.25) is 5.15 Å². The molecule has 2 fully saturated rings. The summed E-state index contributed by atoms with van der Waals surface area (Å²) >= 11 is 6.05. The van der Waals surface area contributed by atoms with Gasteiger partial charge in [-0.2, -0.15) is 4.31 Å². The van der Waals surface area contributed by atoms with Gasteiger partial charge < -0.3 is 4.57 Å². The van der Waals surface area contributed by atoms with Gasteiger partial charge in [0.15, 0.2) is 0 Å². The Bertz CT molecular complexity index is 615. The van der Waals surface area contributed by atoms with E-state index in [9.17, 15) is 8.42 Å². The van der Waals surface area contributed by atoms with E-state index < -0.39 is 10.0 Å². The second-order valence-corrected chi connectivity index (χ2v) is 7.86. The number of aryl methyl sites for hydroxylation is 1. The van der Waals surface area contributed by atoms with Crippen molar-refractivity contribution in [1.29, 1.82) is 0 Å². The smallest absolute Gasteiger partial charge is 0.263 e. The number of nitrogens with zero attached hydrogens (tertiary/aromatic N) is 4. The van der Waals surface area contributed by atoms with Gasteiger partial charge in [-0.25, -0.2) is 13.4 Å². The standard InChI is InChI=1S/C12H19ClN4O2S/c1-15-8-14-12(11(15)13)20(18,19)17-6-5-9-3-4-10(7-17)16(9)2/h8-10H,3-7H2,1-2H3. The fourth-order valence-corrected chi connectivity index (χ4v) is 5.07. The van der Waals surface area contributed by atoms with Crippen LogP contribution in [0.3, 0.4) is 0 Å². The van der Waals surface area contributed by atoms with Gasteiger partial charge in [0.05, 0.1) is 6.33 Å². The quantitative estimate of drug-likeness (QED) is 0.814. The SMILES string of the molecule is CN1C2CCC1CN(S(=O)(=O)c1ncn(C)c1Cl)CC2. The molecule has 0 aromatic carbocycles. The van der Waals surface area contributed by atoms with Crippen molar-refractivity contribution < 1.29 is 8.42 Å². The van der Waals surface area contributed by atoms with Gasteiger partial charge in [0.25, 0.3) is 10.0 Å². The molecule has 2 bridgehead atoms. The summed E-state index contributed by atoms with van der Waals surface area (Å²) in [6.07, 6.45) is 4.53. The van der Waals surface area contributed by atoms with Crippen LogP contribution < -0.4 is 0 Å². The van der Waals surface area contributed by atoms with Gasteiger partial charge in [-0.15, -0.1) is 0 Å². The third-order valence-corrected chi connectivity index (χ3v) is 6.89. The van der Waals surface area contributed by atoms with Gasteiger partial charge in [-0.1, -0.05) is 11.6 Å². The second-order valence-electron chi connectivity index (χ2n) is 5.65. The van der Waals surface area contributed by atoms with E-state index in [1.54, 1.807) is 11.4 Å². The van der Waals surface area contributed by atoms with Crippen molar-refractivity contribution in [1.82, 2.24) is 18.8 Å². The molecule has 0 aliphatic carbocycles. The zero-order valence-electron chi connectivity index (χ0n) is 11.7. The molecule has 0 N–H and O–H groups in total. The molecule has 2 unspecified atom stereocenters. The molecule has 0 saturated carbocycles. The minimum Gasteiger partial charge on any atom is -0.324 e. The van der Waals surface area contributed by atoms with Crippen LogP contribution in [0.5, 0.6) is 0 Å². The first-order valence-electron chi connectivity index (χ1n) is 6.80. The number of sulfonamides is 1. The maximum absolute atomic E-state index is 12.7. The molecule has 0 amide bonds. The zero-order valence-corrected chi connectivity index (χ0v) is 13.2. The van der Waals surface area contributed by atoms with Crippen molar-refractivity contribution in [2.24, 2.45) is 7.05 Å². The summed E-state index contributed by atoms with van der Waals surface area (Å²) in [5, 5.41) is 0.148. The van der Waals surface area contributed by atoms with E-state index in [-0.39, 0.29) is 10.2 Å². The van der Waals surface area contributed by atoms with E-state index in [2.05, 4.69) is 16.9 Å². The molecule has 0 spiro atoms. The highest BCUT2D eigenvalue weighted by Crippen LogP contribution is 2.31. The first-order chi connectivity index (χ1) is 9.41. The summed E-state index contributed by atoms with van der Waals surface area (Å²) in [7, 11) is 0.178. The average Bonchev–Trinajstić information content (AvgIpc) is 2.81. The van der Waals surface area contributed by atoms with Crippen molar-refractivity contribution in [2.75, 3.05) is 20.1 Å². The van der Waals surface area contributed by atoms with Crippen molar-refractivity contribution in [2.45, 2.75) is 36.4 Å². The van der Waals surface area contributed by atoms with E-state index >= 15 is 0 Å². The van der Waals surface area contributed by atoms with Crippen LogP contribution in [0.25, 0.3) is 0 Å². The summed E-state index contributed by atoms with van der Waals surface area (Å²) in [5.74, 6) is 0. The van der Waals surface area contributed by atoms with Gasteiger partial charge in [0.2, 0.25) is 5.03 Å². The Hall–Kier alpha value is -0.630. The molecule has 2 aliphatic heterocycles. The predicted molar refractivity (Wildman–Crippen MR) is 76.2 cm³/mol. The van der Waals surface area contributed by atoms with Crippen LogP contribution in [-0.2, 0) is 17.1 Å². The highest BCUT2D eigenvalue weighted by Gasteiger charge is 2.40. The molecule has 2 atom stereocenters. The third kappa shape index (κ3) is 2.16. The summed E-state index contributed by atoms with van der Waals surface area (Å²) in [6, 6.07) is 0.805. The molecular formula is C12H19ClN4O2S. The Morgan fingerprint density at radius 1 is 1.25 bits per heavy atom. The maximum Gasteiger partial charge on any atom is 0.263 e. The minimum absolute atomic E-state index is 0.0258. The summed E-state index contributed by atoms with van der Waals surface area (Å²) in [6.45, 7) is 1.07. The molecular weight excluding hydrogens is 300 g/mol. The molecule has 0 radical (unpaired) electrons. The van der Waals surface area contributed by atoms with Gasteiger partial charge in [0.1, 0.15) is 5.15 Å². The van der Waals surface area contributed by atoms with Crippen LogP contribution in [-0.4, -0.2) is 59.4 Å². The Kier molecular flexibility index (Phi) is 3.56. The first-order valence-corrected chi connectivity index (χ1v) is 8.62. The Morgan fingerprint density at radius 3 is 2.60 bits per heavy atom. The van der Waals surface area contributed by atoms with Crippen LogP contribution >= 0.6 is 11.6 Å². The Morgan fingerprint density at radius 2 is 1.95 bits per heavy atom. The number of fused-ring (bicyclic) bond motifs is 2. The number of likely N-dealkylation sites (N-methyl/N-ethyl adjacent to an activating group) is 1. The molecule has 2 saturated heterocycles. The van der Waals surface area contributed by atoms with E-state index in [1.165, 1.54) is 17.3 Å². The van der Waals surface area contributed by atoms with Crippen LogP contribution in [0.4, 0.5) is 0 Å². The number of rotatable bonds is 2. The largest absolute Gasteiger partial charge is 0.324 e. The third-order valence-electron chi connectivity index (χ3n) is 4.53. The van der Waals surface area contributed by atoms with Gasteiger partial charge in [0, 0.05) is 32.2 Å². The minimum atomic E-state index is -3.60. The molecule has 1 aromatic heterocycles. The molecule has 3 rings (SSSR count).